The van der Waals surface area contributed by atoms with Crippen LogP contribution in [0.5, 0.6) is 0 Å². The number of rotatable bonds is 0. The van der Waals surface area contributed by atoms with E-state index in [0.717, 1.165) is 0 Å². The lowest BCUT2D eigenvalue weighted by Gasteiger charge is -2.23. The zero-order valence-corrected chi connectivity index (χ0v) is 19.0. The quantitative estimate of drug-likeness (QED) is 0.276. The van der Waals surface area contributed by atoms with Crippen LogP contribution in [0.15, 0.2) is 24.3 Å². The van der Waals surface area contributed by atoms with Gasteiger partial charge in [-0.05, 0) is 59.2 Å². The average Bonchev–Trinajstić information content (AvgIpc) is 3.32. The van der Waals surface area contributed by atoms with Crippen molar-refractivity contribution in [3.63, 3.8) is 0 Å². The highest BCUT2D eigenvalue weighted by Gasteiger charge is 2.44. The second-order valence-electron chi connectivity index (χ2n) is 9.12. The molecule has 0 amide bonds. The summed E-state index contributed by atoms with van der Waals surface area (Å²) in [5.41, 5.74) is 7.84. The van der Waals surface area contributed by atoms with Crippen LogP contribution in [0.3, 0.4) is 0 Å². The summed E-state index contributed by atoms with van der Waals surface area (Å²) in [7, 11) is 0. The van der Waals surface area contributed by atoms with E-state index in [-0.39, 0.29) is 10.8 Å². The van der Waals surface area contributed by atoms with Gasteiger partial charge < -0.3 is 0 Å². The van der Waals surface area contributed by atoms with Gasteiger partial charge in [-0.1, -0.05) is 39.8 Å². The SMILES string of the molecule is Cc1cc2c(s1)-c1ccc3c4c(sc3c1C2(C)C)-c1sc(C)cc1C4(C)C. The standard InChI is InChI=1S/C24H22S3/c1-11-9-15-19(25-11)13-7-8-14-18-22(27-20(14)17(13)23(15,3)4)21-16(24(18,5)6)10-12(2)26-21/h7-10H,1-6H3. The van der Waals surface area contributed by atoms with E-state index >= 15 is 0 Å². The van der Waals surface area contributed by atoms with E-state index in [4.69, 9.17) is 0 Å². The van der Waals surface area contributed by atoms with Crippen molar-refractivity contribution in [3.8, 4) is 20.2 Å². The third-order valence-corrected chi connectivity index (χ3v) is 10.1. The summed E-state index contributed by atoms with van der Waals surface area (Å²) in [4.78, 5) is 7.39. The molecule has 2 aliphatic carbocycles. The molecule has 3 heteroatoms. The molecule has 0 atom stereocenters. The summed E-state index contributed by atoms with van der Waals surface area (Å²) < 4.78 is 1.52. The lowest BCUT2D eigenvalue weighted by Crippen LogP contribution is -2.16. The highest BCUT2D eigenvalue weighted by Crippen LogP contribution is 2.62. The van der Waals surface area contributed by atoms with E-state index in [1.54, 1.807) is 11.1 Å². The van der Waals surface area contributed by atoms with Crippen LogP contribution in [0.1, 0.15) is 59.7 Å². The maximum Gasteiger partial charge on any atom is 0.0499 e. The Hall–Kier alpha value is -1.42. The Labute approximate surface area is 172 Å². The summed E-state index contributed by atoms with van der Waals surface area (Å²) in [6, 6.07) is 9.64. The van der Waals surface area contributed by atoms with Gasteiger partial charge in [0.2, 0.25) is 0 Å². The number of thiophene rings is 3. The van der Waals surface area contributed by atoms with Gasteiger partial charge >= 0.3 is 0 Å². The minimum atomic E-state index is 0.0892. The molecule has 27 heavy (non-hydrogen) atoms. The fraction of sp³-hybridized carbons (Fsp3) is 0.333. The Bertz CT molecular complexity index is 1290. The molecule has 3 aromatic heterocycles. The molecule has 0 saturated heterocycles. The van der Waals surface area contributed by atoms with Crippen molar-refractivity contribution in [3.05, 3.63) is 56.3 Å². The van der Waals surface area contributed by atoms with Gasteiger partial charge in [0.25, 0.3) is 0 Å². The van der Waals surface area contributed by atoms with Gasteiger partial charge in [0.15, 0.2) is 0 Å². The highest BCUT2D eigenvalue weighted by atomic mass is 32.1. The molecule has 0 N–H and O–H groups in total. The molecule has 3 heterocycles. The smallest absolute Gasteiger partial charge is 0.0499 e. The average molecular weight is 407 g/mol. The van der Waals surface area contributed by atoms with Gasteiger partial charge in [0.1, 0.15) is 0 Å². The van der Waals surface area contributed by atoms with Crippen molar-refractivity contribution >= 4 is 44.1 Å². The van der Waals surface area contributed by atoms with Crippen LogP contribution < -0.4 is 0 Å². The van der Waals surface area contributed by atoms with Gasteiger partial charge in [-0.25, -0.2) is 0 Å². The molecule has 0 fully saturated rings. The molecule has 0 spiro atoms. The topological polar surface area (TPSA) is 0 Å². The van der Waals surface area contributed by atoms with E-state index in [1.165, 1.54) is 51.2 Å². The normalized spacial score (nSPS) is 17.9. The predicted molar refractivity (Wildman–Crippen MR) is 122 cm³/mol. The molecule has 0 saturated carbocycles. The first-order valence-electron chi connectivity index (χ1n) is 9.54. The maximum atomic E-state index is 2.42. The summed E-state index contributed by atoms with van der Waals surface area (Å²) in [5.74, 6) is 0. The molecule has 136 valence electrons. The lowest BCUT2D eigenvalue weighted by atomic mass is 9.79. The molecular weight excluding hydrogens is 384 g/mol. The predicted octanol–water partition coefficient (Wildman–Crippen LogP) is 8.25. The van der Waals surface area contributed by atoms with Crippen molar-refractivity contribution in [2.75, 3.05) is 0 Å². The Balaban J connectivity index is 1.74. The molecular formula is C24H22S3. The number of hydrogen-bond donors (Lipinski definition) is 0. The minimum Gasteiger partial charge on any atom is -0.140 e. The molecule has 0 aliphatic heterocycles. The minimum absolute atomic E-state index is 0.0892. The van der Waals surface area contributed by atoms with Gasteiger partial charge in [-0.15, -0.1) is 34.0 Å². The van der Waals surface area contributed by atoms with Gasteiger partial charge in [-0.3, -0.25) is 0 Å². The van der Waals surface area contributed by atoms with E-state index in [9.17, 15) is 0 Å². The maximum absolute atomic E-state index is 2.42. The molecule has 0 radical (unpaired) electrons. The molecule has 0 unspecified atom stereocenters. The third kappa shape index (κ3) is 1.79. The first-order valence-corrected chi connectivity index (χ1v) is 12.0. The fourth-order valence-corrected chi connectivity index (χ4v) is 9.54. The lowest BCUT2D eigenvalue weighted by molar-refractivity contribution is 0.664. The fourth-order valence-electron chi connectivity index (χ4n) is 5.35. The van der Waals surface area contributed by atoms with Crippen LogP contribution in [-0.4, -0.2) is 0 Å². The number of aryl methyl sites for hydroxylation is 2. The second kappa shape index (κ2) is 4.76. The Morgan fingerprint density at radius 3 is 1.96 bits per heavy atom. The van der Waals surface area contributed by atoms with Crippen LogP contribution in [-0.2, 0) is 10.8 Å². The van der Waals surface area contributed by atoms with Crippen LogP contribution in [0.4, 0.5) is 0 Å². The number of fused-ring (bicyclic) bond motifs is 9. The second-order valence-corrected chi connectivity index (χ2v) is 12.7. The Morgan fingerprint density at radius 1 is 0.667 bits per heavy atom. The first kappa shape index (κ1) is 16.5. The van der Waals surface area contributed by atoms with Gasteiger partial charge in [-0.2, -0.15) is 0 Å². The van der Waals surface area contributed by atoms with Gasteiger partial charge in [0.05, 0.1) is 0 Å². The van der Waals surface area contributed by atoms with E-state index in [2.05, 4.69) is 65.8 Å². The summed E-state index contributed by atoms with van der Waals surface area (Å²) in [6.45, 7) is 14.1. The van der Waals surface area contributed by atoms with Crippen LogP contribution in [0.2, 0.25) is 0 Å². The van der Waals surface area contributed by atoms with E-state index in [0.29, 0.717) is 0 Å². The highest BCUT2D eigenvalue weighted by molar-refractivity contribution is 7.27. The van der Waals surface area contributed by atoms with Crippen molar-refractivity contribution in [2.24, 2.45) is 0 Å². The zero-order chi connectivity index (χ0) is 18.9. The van der Waals surface area contributed by atoms with Crippen molar-refractivity contribution < 1.29 is 0 Å². The van der Waals surface area contributed by atoms with Crippen molar-refractivity contribution in [2.45, 2.75) is 52.4 Å². The van der Waals surface area contributed by atoms with E-state index < -0.39 is 0 Å². The monoisotopic (exact) mass is 406 g/mol. The Kier molecular flexibility index (Phi) is 2.91. The molecule has 0 bridgehead atoms. The van der Waals surface area contributed by atoms with Crippen LogP contribution >= 0.6 is 34.0 Å². The van der Waals surface area contributed by atoms with Crippen molar-refractivity contribution in [1.82, 2.24) is 0 Å². The number of hydrogen-bond acceptors (Lipinski definition) is 3. The summed E-state index contributed by atoms with van der Waals surface area (Å²) in [5, 5.41) is 1.49. The third-order valence-electron chi connectivity index (χ3n) is 6.62. The Morgan fingerprint density at radius 2 is 1.26 bits per heavy atom. The number of benzene rings is 1. The summed E-state index contributed by atoms with van der Waals surface area (Å²) >= 11 is 5.98. The molecule has 2 aliphatic rings. The zero-order valence-electron chi connectivity index (χ0n) is 16.5. The van der Waals surface area contributed by atoms with Gasteiger partial charge in [0, 0.05) is 39.9 Å². The first-order chi connectivity index (χ1) is 12.7. The van der Waals surface area contributed by atoms with E-state index in [1.807, 2.05) is 34.0 Å². The largest absolute Gasteiger partial charge is 0.140 e. The molecule has 6 rings (SSSR count). The van der Waals surface area contributed by atoms with Crippen LogP contribution in [0.25, 0.3) is 30.3 Å². The molecule has 4 aromatic rings. The molecule has 0 nitrogen and oxygen atoms in total. The summed E-state index contributed by atoms with van der Waals surface area (Å²) in [6.07, 6.45) is 0. The molecule has 1 aromatic carbocycles. The van der Waals surface area contributed by atoms with Crippen molar-refractivity contribution in [1.29, 1.82) is 0 Å². The van der Waals surface area contributed by atoms with Crippen LogP contribution in [0, 0.1) is 13.8 Å².